The maximum atomic E-state index is 13.9. The van der Waals surface area contributed by atoms with E-state index in [-0.39, 0.29) is 23.3 Å². The van der Waals surface area contributed by atoms with E-state index in [0.717, 1.165) is 0 Å². The summed E-state index contributed by atoms with van der Waals surface area (Å²) in [7, 11) is 0. The van der Waals surface area contributed by atoms with Gasteiger partial charge in [-0.25, -0.2) is 13.8 Å². The van der Waals surface area contributed by atoms with E-state index in [1.807, 2.05) is 13.8 Å². The SMILES string of the molecule is CC1(C)NC(=O)Cn2c1nc(-c1ccc(F)cc1)c2Nc1ccc(Cl)c(F)c1. The summed E-state index contributed by atoms with van der Waals surface area (Å²) in [5.41, 5.74) is 0.963. The number of fused-ring (bicyclic) bond motifs is 1. The first-order chi connectivity index (χ1) is 13.2. The molecule has 2 N–H and O–H groups in total. The Morgan fingerprint density at radius 3 is 2.57 bits per heavy atom. The highest BCUT2D eigenvalue weighted by atomic mass is 35.5. The van der Waals surface area contributed by atoms with Gasteiger partial charge < -0.3 is 15.2 Å². The second kappa shape index (κ2) is 6.60. The zero-order chi connectivity index (χ0) is 20.1. The Labute approximate surface area is 165 Å². The molecule has 0 saturated carbocycles. The third-order valence-electron chi connectivity index (χ3n) is 4.58. The third kappa shape index (κ3) is 3.22. The van der Waals surface area contributed by atoms with Gasteiger partial charge in [0.15, 0.2) is 0 Å². The molecule has 0 radical (unpaired) electrons. The van der Waals surface area contributed by atoms with Crippen LogP contribution in [-0.2, 0) is 16.9 Å². The minimum absolute atomic E-state index is 0.0140. The van der Waals surface area contributed by atoms with Crippen molar-refractivity contribution in [3.63, 3.8) is 0 Å². The maximum absolute atomic E-state index is 13.9. The number of hydrogen-bond acceptors (Lipinski definition) is 3. The van der Waals surface area contributed by atoms with E-state index in [1.54, 1.807) is 22.8 Å². The van der Waals surface area contributed by atoms with Crippen molar-refractivity contribution in [2.24, 2.45) is 0 Å². The standard InChI is InChI=1S/C20H17ClF2N4O/c1-20(2)19-25-17(11-3-5-12(22)6-4-11)18(27(19)10-16(28)26-20)24-13-7-8-14(21)15(23)9-13/h3-9,24H,10H2,1-2H3,(H,26,28). The normalized spacial score (nSPS) is 15.1. The van der Waals surface area contributed by atoms with Crippen molar-refractivity contribution in [1.29, 1.82) is 0 Å². The zero-order valence-electron chi connectivity index (χ0n) is 15.2. The fourth-order valence-electron chi connectivity index (χ4n) is 3.32. The first-order valence-electron chi connectivity index (χ1n) is 8.64. The van der Waals surface area contributed by atoms with Gasteiger partial charge in [0.1, 0.15) is 35.5 Å². The van der Waals surface area contributed by atoms with Crippen LogP contribution in [0.25, 0.3) is 11.3 Å². The van der Waals surface area contributed by atoms with E-state index in [1.165, 1.54) is 24.3 Å². The lowest BCUT2D eigenvalue weighted by atomic mass is 10.0. The number of nitrogens with zero attached hydrogens (tertiary/aromatic N) is 2. The van der Waals surface area contributed by atoms with Crippen LogP contribution < -0.4 is 10.6 Å². The number of amides is 1. The van der Waals surface area contributed by atoms with Gasteiger partial charge >= 0.3 is 0 Å². The van der Waals surface area contributed by atoms with Crippen molar-refractivity contribution < 1.29 is 13.6 Å². The number of carbonyl (C=O) groups excluding carboxylic acids is 1. The largest absolute Gasteiger partial charge is 0.342 e. The van der Waals surface area contributed by atoms with E-state index in [0.29, 0.717) is 28.6 Å². The molecule has 2 heterocycles. The minimum atomic E-state index is -0.699. The Kier molecular flexibility index (Phi) is 4.34. The first-order valence-corrected chi connectivity index (χ1v) is 9.02. The quantitative estimate of drug-likeness (QED) is 0.673. The highest BCUT2D eigenvalue weighted by Gasteiger charge is 2.36. The highest BCUT2D eigenvalue weighted by Crippen LogP contribution is 2.36. The molecule has 2 aromatic carbocycles. The van der Waals surface area contributed by atoms with Gasteiger partial charge in [-0.15, -0.1) is 0 Å². The Morgan fingerprint density at radius 1 is 1.18 bits per heavy atom. The number of aromatic nitrogens is 2. The van der Waals surface area contributed by atoms with Gasteiger partial charge in [-0.05, 0) is 56.3 Å². The number of imidazole rings is 1. The lowest BCUT2D eigenvalue weighted by Gasteiger charge is -2.31. The molecule has 0 bridgehead atoms. The summed E-state index contributed by atoms with van der Waals surface area (Å²) in [6.07, 6.45) is 0. The van der Waals surface area contributed by atoms with Gasteiger partial charge in [-0.3, -0.25) is 4.79 Å². The third-order valence-corrected chi connectivity index (χ3v) is 4.89. The number of hydrogen-bond donors (Lipinski definition) is 2. The van der Waals surface area contributed by atoms with Crippen molar-refractivity contribution >= 4 is 29.0 Å². The zero-order valence-corrected chi connectivity index (χ0v) is 15.9. The minimum Gasteiger partial charge on any atom is -0.342 e. The van der Waals surface area contributed by atoms with Crippen molar-refractivity contribution in [3.05, 3.63) is 64.9 Å². The molecule has 144 valence electrons. The van der Waals surface area contributed by atoms with Gasteiger partial charge in [-0.2, -0.15) is 0 Å². The molecule has 0 fully saturated rings. The Balaban J connectivity index is 1.89. The molecule has 1 aromatic heterocycles. The molecule has 8 heteroatoms. The smallest absolute Gasteiger partial charge is 0.240 e. The van der Waals surface area contributed by atoms with Crippen LogP contribution in [0.5, 0.6) is 0 Å². The fraction of sp³-hybridized carbons (Fsp3) is 0.200. The van der Waals surface area contributed by atoms with E-state index in [9.17, 15) is 13.6 Å². The molecule has 0 spiro atoms. The molecule has 5 nitrogen and oxygen atoms in total. The second-order valence-corrected chi connectivity index (χ2v) is 7.56. The predicted octanol–water partition coefficient (Wildman–Crippen LogP) is 4.59. The van der Waals surface area contributed by atoms with Crippen LogP contribution >= 0.6 is 11.6 Å². The van der Waals surface area contributed by atoms with Crippen molar-refractivity contribution in [2.45, 2.75) is 25.9 Å². The fourth-order valence-corrected chi connectivity index (χ4v) is 3.44. The lowest BCUT2D eigenvalue weighted by Crippen LogP contribution is -2.49. The summed E-state index contributed by atoms with van der Waals surface area (Å²) >= 11 is 5.77. The summed E-state index contributed by atoms with van der Waals surface area (Å²) in [6.45, 7) is 3.76. The molecule has 4 rings (SSSR count). The molecule has 0 atom stereocenters. The number of benzene rings is 2. The van der Waals surface area contributed by atoms with E-state index in [4.69, 9.17) is 16.6 Å². The van der Waals surface area contributed by atoms with Gasteiger partial charge in [0.25, 0.3) is 0 Å². The molecule has 28 heavy (non-hydrogen) atoms. The summed E-state index contributed by atoms with van der Waals surface area (Å²) in [6, 6.07) is 10.3. The van der Waals surface area contributed by atoms with Crippen molar-refractivity contribution in [2.75, 3.05) is 5.32 Å². The Bertz CT molecular complexity index is 1080. The summed E-state index contributed by atoms with van der Waals surface area (Å²) in [5.74, 6) is 0.0751. The second-order valence-electron chi connectivity index (χ2n) is 7.15. The Morgan fingerprint density at radius 2 is 1.89 bits per heavy atom. The van der Waals surface area contributed by atoms with Crippen molar-refractivity contribution in [3.8, 4) is 11.3 Å². The first kappa shape index (κ1) is 18.4. The average molecular weight is 403 g/mol. The van der Waals surface area contributed by atoms with Crippen LogP contribution in [0.3, 0.4) is 0 Å². The molecule has 0 aliphatic carbocycles. The van der Waals surface area contributed by atoms with Crippen molar-refractivity contribution in [1.82, 2.24) is 14.9 Å². The molecule has 3 aromatic rings. The van der Waals surface area contributed by atoms with Gasteiger partial charge in [0.2, 0.25) is 5.91 Å². The number of nitrogens with one attached hydrogen (secondary N) is 2. The molecular weight excluding hydrogens is 386 g/mol. The predicted molar refractivity (Wildman–Crippen MR) is 103 cm³/mol. The van der Waals surface area contributed by atoms with Gasteiger partial charge in [-0.1, -0.05) is 11.6 Å². The molecule has 0 unspecified atom stereocenters. The number of halogens is 3. The molecule has 1 aliphatic rings. The number of carbonyl (C=O) groups is 1. The molecule has 1 aliphatic heterocycles. The molecular formula is C20H17ClF2N4O. The van der Waals surface area contributed by atoms with Crippen LogP contribution in [0, 0.1) is 11.6 Å². The van der Waals surface area contributed by atoms with E-state index >= 15 is 0 Å². The maximum Gasteiger partial charge on any atom is 0.240 e. The van der Waals surface area contributed by atoms with Crippen LogP contribution in [0.1, 0.15) is 19.7 Å². The van der Waals surface area contributed by atoms with E-state index < -0.39 is 11.4 Å². The van der Waals surface area contributed by atoms with Gasteiger partial charge in [0.05, 0.1) is 10.6 Å². The summed E-state index contributed by atoms with van der Waals surface area (Å²) in [4.78, 5) is 16.9. The average Bonchev–Trinajstić information content (AvgIpc) is 2.97. The highest BCUT2D eigenvalue weighted by molar-refractivity contribution is 6.30. The summed E-state index contributed by atoms with van der Waals surface area (Å²) in [5, 5.41) is 6.07. The molecule has 1 amide bonds. The monoisotopic (exact) mass is 402 g/mol. The van der Waals surface area contributed by atoms with Crippen LogP contribution in [-0.4, -0.2) is 15.5 Å². The summed E-state index contributed by atoms with van der Waals surface area (Å²) < 4.78 is 29.0. The Hall–Kier alpha value is -2.93. The van der Waals surface area contributed by atoms with Crippen LogP contribution in [0.15, 0.2) is 42.5 Å². The molecule has 0 saturated heterocycles. The van der Waals surface area contributed by atoms with E-state index in [2.05, 4.69) is 10.6 Å². The number of anilines is 2. The van der Waals surface area contributed by atoms with Gasteiger partial charge in [0, 0.05) is 11.3 Å². The number of rotatable bonds is 3. The topological polar surface area (TPSA) is 59.0 Å². The van der Waals surface area contributed by atoms with Crippen LogP contribution in [0.4, 0.5) is 20.3 Å². The lowest BCUT2D eigenvalue weighted by molar-refractivity contribution is -0.124. The van der Waals surface area contributed by atoms with Crippen LogP contribution in [0.2, 0.25) is 5.02 Å².